The Morgan fingerprint density at radius 2 is 2.08 bits per heavy atom. The number of nitrogens with one attached hydrogen (secondary N) is 1. The van der Waals surface area contributed by atoms with Gasteiger partial charge in [0.15, 0.2) is 0 Å². The fourth-order valence-corrected chi connectivity index (χ4v) is 1.68. The minimum atomic E-state index is 0.907. The standard InChI is InChI=1S/C10H9BrN2/c1-7-6-12-10(13-7)8-4-2-3-5-9(8)11/h2-6H,1H3,(H,12,13). The van der Waals surface area contributed by atoms with Crippen LogP contribution >= 0.6 is 15.9 Å². The molecule has 0 saturated heterocycles. The molecular weight excluding hydrogens is 228 g/mol. The van der Waals surface area contributed by atoms with Crippen molar-refractivity contribution in [3.63, 3.8) is 0 Å². The summed E-state index contributed by atoms with van der Waals surface area (Å²) in [4.78, 5) is 7.45. The van der Waals surface area contributed by atoms with Crippen molar-refractivity contribution in [3.05, 3.63) is 40.6 Å². The fraction of sp³-hybridized carbons (Fsp3) is 0.100. The molecule has 0 saturated carbocycles. The van der Waals surface area contributed by atoms with Crippen molar-refractivity contribution >= 4 is 15.9 Å². The quantitative estimate of drug-likeness (QED) is 0.810. The van der Waals surface area contributed by atoms with Gasteiger partial charge in [0.1, 0.15) is 5.82 Å². The minimum Gasteiger partial charge on any atom is -0.342 e. The predicted octanol–water partition coefficient (Wildman–Crippen LogP) is 3.15. The highest BCUT2D eigenvalue weighted by Gasteiger charge is 2.03. The van der Waals surface area contributed by atoms with Crippen LogP contribution in [0.15, 0.2) is 34.9 Å². The molecule has 1 heterocycles. The lowest BCUT2D eigenvalue weighted by Gasteiger charge is -1.98. The second-order valence-corrected chi connectivity index (χ2v) is 3.75. The Morgan fingerprint density at radius 1 is 1.31 bits per heavy atom. The lowest BCUT2D eigenvalue weighted by Crippen LogP contribution is -1.81. The highest BCUT2D eigenvalue weighted by molar-refractivity contribution is 9.10. The lowest BCUT2D eigenvalue weighted by molar-refractivity contribution is 1.25. The second-order valence-electron chi connectivity index (χ2n) is 2.89. The third-order valence-corrected chi connectivity index (χ3v) is 2.52. The first kappa shape index (κ1) is 8.51. The van der Waals surface area contributed by atoms with Crippen molar-refractivity contribution < 1.29 is 0 Å². The van der Waals surface area contributed by atoms with Gasteiger partial charge in [0.25, 0.3) is 0 Å². The van der Waals surface area contributed by atoms with Gasteiger partial charge in [-0.1, -0.05) is 34.1 Å². The van der Waals surface area contributed by atoms with Crippen LogP contribution in [0.2, 0.25) is 0 Å². The van der Waals surface area contributed by atoms with E-state index < -0.39 is 0 Å². The molecule has 3 heteroatoms. The lowest BCUT2D eigenvalue weighted by atomic mass is 10.2. The molecule has 1 N–H and O–H groups in total. The van der Waals surface area contributed by atoms with E-state index in [4.69, 9.17) is 0 Å². The topological polar surface area (TPSA) is 28.7 Å². The van der Waals surface area contributed by atoms with E-state index in [1.165, 1.54) is 0 Å². The Balaban J connectivity index is 2.52. The van der Waals surface area contributed by atoms with Gasteiger partial charge < -0.3 is 4.98 Å². The van der Waals surface area contributed by atoms with E-state index in [0.29, 0.717) is 0 Å². The molecule has 13 heavy (non-hydrogen) atoms. The van der Waals surface area contributed by atoms with E-state index in [2.05, 4.69) is 25.9 Å². The SMILES string of the molecule is Cc1cnc(-c2ccccc2Br)[nH]1. The predicted molar refractivity (Wildman–Crippen MR) is 56.5 cm³/mol. The molecule has 0 amide bonds. The van der Waals surface area contributed by atoms with Crippen molar-refractivity contribution in [1.29, 1.82) is 0 Å². The Hall–Kier alpha value is -1.09. The average molecular weight is 237 g/mol. The molecule has 0 spiro atoms. The number of halogens is 1. The van der Waals surface area contributed by atoms with Crippen molar-refractivity contribution in [1.82, 2.24) is 9.97 Å². The molecule has 0 aliphatic heterocycles. The van der Waals surface area contributed by atoms with E-state index in [9.17, 15) is 0 Å². The summed E-state index contributed by atoms with van der Waals surface area (Å²) < 4.78 is 1.06. The summed E-state index contributed by atoms with van der Waals surface area (Å²) >= 11 is 3.48. The average Bonchev–Trinajstić information content (AvgIpc) is 2.53. The van der Waals surface area contributed by atoms with Gasteiger partial charge in [0.05, 0.1) is 0 Å². The maximum atomic E-state index is 4.26. The summed E-state index contributed by atoms with van der Waals surface area (Å²) in [5.74, 6) is 0.907. The van der Waals surface area contributed by atoms with Crippen LogP contribution in [0.5, 0.6) is 0 Å². The van der Waals surface area contributed by atoms with Crippen LogP contribution in [-0.4, -0.2) is 9.97 Å². The Kier molecular flexibility index (Phi) is 2.19. The molecule has 66 valence electrons. The number of aryl methyl sites for hydroxylation is 1. The highest BCUT2D eigenvalue weighted by Crippen LogP contribution is 2.24. The third kappa shape index (κ3) is 1.65. The van der Waals surface area contributed by atoms with Gasteiger partial charge in [-0.05, 0) is 13.0 Å². The van der Waals surface area contributed by atoms with Crippen LogP contribution < -0.4 is 0 Å². The molecule has 0 unspecified atom stereocenters. The number of aromatic amines is 1. The first-order valence-electron chi connectivity index (χ1n) is 4.04. The summed E-state index contributed by atoms with van der Waals surface area (Å²) in [5, 5.41) is 0. The number of aromatic nitrogens is 2. The van der Waals surface area contributed by atoms with Crippen LogP contribution in [0.1, 0.15) is 5.69 Å². The smallest absolute Gasteiger partial charge is 0.138 e. The largest absolute Gasteiger partial charge is 0.342 e. The van der Waals surface area contributed by atoms with Crippen LogP contribution in [-0.2, 0) is 0 Å². The highest BCUT2D eigenvalue weighted by atomic mass is 79.9. The van der Waals surface area contributed by atoms with E-state index >= 15 is 0 Å². The maximum absolute atomic E-state index is 4.26. The molecule has 0 fully saturated rings. The molecule has 1 aromatic heterocycles. The van der Waals surface area contributed by atoms with Gasteiger partial charge in [0.2, 0.25) is 0 Å². The zero-order valence-electron chi connectivity index (χ0n) is 7.21. The van der Waals surface area contributed by atoms with E-state index in [0.717, 1.165) is 21.6 Å². The number of hydrogen-bond acceptors (Lipinski definition) is 1. The van der Waals surface area contributed by atoms with Gasteiger partial charge in [-0.2, -0.15) is 0 Å². The summed E-state index contributed by atoms with van der Waals surface area (Å²) in [6, 6.07) is 8.02. The van der Waals surface area contributed by atoms with Gasteiger partial charge in [-0.3, -0.25) is 0 Å². The Labute approximate surface area is 85.1 Å². The minimum absolute atomic E-state index is 0.907. The normalized spacial score (nSPS) is 10.3. The third-order valence-electron chi connectivity index (χ3n) is 1.83. The molecule has 0 aliphatic carbocycles. The molecular formula is C10H9BrN2. The molecule has 0 bridgehead atoms. The fourth-order valence-electron chi connectivity index (χ4n) is 1.20. The maximum Gasteiger partial charge on any atom is 0.138 e. The first-order chi connectivity index (χ1) is 6.27. The summed E-state index contributed by atoms with van der Waals surface area (Å²) in [7, 11) is 0. The van der Waals surface area contributed by atoms with Crippen LogP contribution in [0, 0.1) is 6.92 Å². The van der Waals surface area contributed by atoms with Gasteiger partial charge in [-0.15, -0.1) is 0 Å². The summed E-state index contributed by atoms with van der Waals surface area (Å²) in [6.07, 6.45) is 1.83. The number of nitrogens with zero attached hydrogens (tertiary/aromatic N) is 1. The summed E-state index contributed by atoms with van der Waals surface area (Å²) in [5.41, 5.74) is 2.17. The van der Waals surface area contributed by atoms with Crippen LogP contribution in [0.4, 0.5) is 0 Å². The van der Waals surface area contributed by atoms with Gasteiger partial charge >= 0.3 is 0 Å². The monoisotopic (exact) mass is 236 g/mol. The zero-order chi connectivity index (χ0) is 9.26. The molecule has 2 nitrogen and oxygen atoms in total. The van der Waals surface area contributed by atoms with E-state index in [-0.39, 0.29) is 0 Å². The second kappa shape index (κ2) is 3.34. The van der Waals surface area contributed by atoms with E-state index in [1.807, 2.05) is 37.4 Å². The van der Waals surface area contributed by atoms with Gasteiger partial charge in [0, 0.05) is 21.9 Å². The number of rotatable bonds is 1. The number of imidazole rings is 1. The molecule has 0 aliphatic rings. The Bertz CT molecular complexity index is 420. The number of benzene rings is 1. The number of hydrogen-bond donors (Lipinski definition) is 1. The molecule has 2 rings (SSSR count). The molecule has 2 aromatic rings. The molecule has 1 aromatic carbocycles. The van der Waals surface area contributed by atoms with Crippen LogP contribution in [0.3, 0.4) is 0 Å². The van der Waals surface area contributed by atoms with E-state index in [1.54, 1.807) is 0 Å². The molecule has 0 atom stereocenters. The van der Waals surface area contributed by atoms with Crippen molar-refractivity contribution in [2.45, 2.75) is 6.92 Å². The molecule has 0 radical (unpaired) electrons. The van der Waals surface area contributed by atoms with Crippen LogP contribution in [0.25, 0.3) is 11.4 Å². The number of H-pyrrole nitrogens is 1. The zero-order valence-corrected chi connectivity index (χ0v) is 8.80. The Morgan fingerprint density at radius 3 is 2.69 bits per heavy atom. The van der Waals surface area contributed by atoms with Gasteiger partial charge in [-0.25, -0.2) is 4.98 Å². The van der Waals surface area contributed by atoms with Crippen molar-refractivity contribution in [2.24, 2.45) is 0 Å². The first-order valence-corrected chi connectivity index (χ1v) is 4.83. The van der Waals surface area contributed by atoms with Crippen molar-refractivity contribution in [2.75, 3.05) is 0 Å². The summed E-state index contributed by atoms with van der Waals surface area (Å²) in [6.45, 7) is 1.99. The van der Waals surface area contributed by atoms with Crippen molar-refractivity contribution in [3.8, 4) is 11.4 Å².